The molecule has 0 aromatic heterocycles. The number of hydrogen-bond donors (Lipinski definition) is 0. The van der Waals surface area contributed by atoms with Crippen LogP contribution in [0.2, 0.25) is 0 Å². The molecular formula is C34H55Cl2Zr. The molecule has 0 bridgehead atoms. The predicted molar refractivity (Wildman–Crippen MR) is 168 cm³/mol. The van der Waals surface area contributed by atoms with E-state index < -0.39 is 21.8 Å². The Morgan fingerprint density at radius 1 is 0.459 bits per heavy atom. The standard InChI is InChI=1S/2C12H19.C10H15.2ClH.Zr/c2*1-6-7-11-8-12(4,5)10(3)9(11)2;1-7-6-10(4,5)9(3)8(7)2;;;/h2*6-7H2,1-5H3;1-5H3;2*1H;. The summed E-state index contributed by atoms with van der Waals surface area (Å²) in [5.74, 6) is 0. The second kappa shape index (κ2) is 11.8. The smallest absolute Gasteiger partial charge is 0.147 e. The van der Waals surface area contributed by atoms with Crippen molar-refractivity contribution in [1.29, 1.82) is 0 Å². The maximum atomic E-state index is 2.56. The second-order valence-electron chi connectivity index (χ2n) is 13.2. The molecule has 3 aliphatic rings. The van der Waals surface area contributed by atoms with E-state index in [1.165, 1.54) is 25.7 Å². The molecule has 0 N–H and O–H groups in total. The quantitative estimate of drug-likeness (QED) is 0.264. The van der Waals surface area contributed by atoms with Crippen molar-refractivity contribution in [2.24, 2.45) is 16.2 Å². The van der Waals surface area contributed by atoms with Crippen LogP contribution in [0.25, 0.3) is 0 Å². The largest absolute Gasteiger partial charge is 0.147 e. The third-order valence-corrected chi connectivity index (χ3v) is 21.3. The Balaban J connectivity index is 0.00000342. The Bertz CT molecular complexity index is 1080. The van der Waals surface area contributed by atoms with Crippen molar-refractivity contribution < 1.29 is 21.8 Å². The van der Waals surface area contributed by atoms with E-state index in [0.717, 1.165) is 0 Å². The van der Waals surface area contributed by atoms with Crippen molar-refractivity contribution in [3.8, 4) is 0 Å². The zero-order valence-corrected chi connectivity index (χ0v) is 30.7. The number of hydrogen-bond acceptors (Lipinski definition) is 0. The molecule has 0 aromatic carbocycles. The van der Waals surface area contributed by atoms with Gasteiger partial charge < -0.3 is 0 Å². The molecule has 0 aromatic rings. The summed E-state index contributed by atoms with van der Waals surface area (Å²) in [7, 11) is 0. The van der Waals surface area contributed by atoms with Crippen molar-refractivity contribution in [3.63, 3.8) is 0 Å². The maximum absolute atomic E-state index is 2.58. The Kier molecular flexibility index (Phi) is 11.1. The zero-order chi connectivity index (χ0) is 26.8. The van der Waals surface area contributed by atoms with Crippen LogP contribution < -0.4 is 0 Å². The van der Waals surface area contributed by atoms with E-state index >= 15 is 0 Å². The molecule has 0 atom stereocenters. The second-order valence-corrected chi connectivity index (χ2v) is 18.7. The minimum Gasteiger partial charge on any atom is -0.147 e. The van der Waals surface area contributed by atoms with Crippen LogP contribution in [0.5, 0.6) is 0 Å². The Labute approximate surface area is 250 Å². The number of rotatable bonds is 7. The zero-order valence-electron chi connectivity index (χ0n) is 26.6. The van der Waals surface area contributed by atoms with Crippen LogP contribution in [0.15, 0.2) is 60.0 Å². The molecule has 0 unspecified atom stereocenters. The SMILES string of the molecule is CCCC1=[C]([Zr]([C]2=C(C)C(C)=C(C)C2(C)C)[C]2=C(CCC)C(C)=C(C)C2(C)C)C(C)(C)C(C)=C1C.Cl.Cl. The van der Waals surface area contributed by atoms with Crippen LogP contribution in [0.1, 0.15) is 130 Å². The van der Waals surface area contributed by atoms with Gasteiger partial charge in [-0.2, -0.15) is 0 Å². The first kappa shape index (κ1) is 34.9. The van der Waals surface area contributed by atoms with E-state index in [1.54, 1.807) is 50.2 Å². The summed E-state index contributed by atoms with van der Waals surface area (Å²) in [6.45, 7) is 37.1. The fourth-order valence-electron chi connectivity index (χ4n) is 7.42. The van der Waals surface area contributed by atoms with Gasteiger partial charge >= 0.3 is 228 Å². The molecule has 0 saturated heterocycles. The Hall–Kier alpha value is -0.0969. The van der Waals surface area contributed by atoms with E-state index in [2.05, 4.69) is 104 Å². The first-order valence-electron chi connectivity index (χ1n) is 14.1. The summed E-state index contributed by atoms with van der Waals surface area (Å²) in [5, 5.41) is 0. The van der Waals surface area contributed by atoms with Crippen LogP contribution in [0, 0.1) is 16.2 Å². The van der Waals surface area contributed by atoms with Gasteiger partial charge in [-0.1, -0.05) is 0 Å². The average molecular weight is 626 g/mol. The molecule has 0 nitrogen and oxygen atoms in total. The summed E-state index contributed by atoms with van der Waals surface area (Å²) in [6, 6.07) is 0. The van der Waals surface area contributed by atoms with Gasteiger partial charge in [-0.15, -0.1) is 24.8 Å². The summed E-state index contributed by atoms with van der Waals surface area (Å²) in [6.07, 6.45) is 4.92. The molecular weight excluding hydrogens is 571 g/mol. The van der Waals surface area contributed by atoms with E-state index in [9.17, 15) is 0 Å². The summed E-state index contributed by atoms with van der Waals surface area (Å²) < 4.78 is 5.68. The van der Waals surface area contributed by atoms with Crippen molar-refractivity contribution >= 4 is 24.8 Å². The maximum Gasteiger partial charge on any atom is -0.147 e. The molecule has 37 heavy (non-hydrogen) atoms. The van der Waals surface area contributed by atoms with Gasteiger partial charge in [-0.25, -0.2) is 0 Å². The first-order valence-corrected chi connectivity index (χ1v) is 17.8. The van der Waals surface area contributed by atoms with Crippen LogP contribution in [-0.4, -0.2) is 0 Å². The summed E-state index contributed by atoms with van der Waals surface area (Å²) in [5.41, 5.74) is 15.2. The predicted octanol–water partition coefficient (Wildman–Crippen LogP) is 12.0. The number of halogens is 2. The van der Waals surface area contributed by atoms with Gasteiger partial charge in [0, 0.05) is 0 Å². The Morgan fingerprint density at radius 2 is 0.757 bits per heavy atom. The van der Waals surface area contributed by atoms with E-state index in [1.807, 2.05) is 9.84 Å². The third-order valence-electron chi connectivity index (χ3n) is 10.6. The van der Waals surface area contributed by atoms with Crippen molar-refractivity contribution in [2.45, 2.75) is 130 Å². The van der Waals surface area contributed by atoms with Crippen LogP contribution in [0.4, 0.5) is 0 Å². The number of allylic oxidation sites excluding steroid dienone is 12. The summed E-state index contributed by atoms with van der Waals surface area (Å²) >= 11 is -2.58. The van der Waals surface area contributed by atoms with Crippen LogP contribution in [-0.2, 0) is 21.8 Å². The van der Waals surface area contributed by atoms with Crippen molar-refractivity contribution in [2.75, 3.05) is 0 Å². The Morgan fingerprint density at radius 3 is 1.03 bits per heavy atom. The van der Waals surface area contributed by atoms with Gasteiger partial charge in [-0.05, 0) is 0 Å². The fourth-order valence-corrected chi connectivity index (χ4v) is 19.7. The van der Waals surface area contributed by atoms with Crippen LogP contribution in [0.3, 0.4) is 0 Å². The minimum atomic E-state index is -2.58. The van der Waals surface area contributed by atoms with Gasteiger partial charge in [-0.3, -0.25) is 0 Å². The van der Waals surface area contributed by atoms with Gasteiger partial charge in [0.25, 0.3) is 0 Å². The van der Waals surface area contributed by atoms with Gasteiger partial charge in [0.1, 0.15) is 0 Å². The van der Waals surface area contributed by atoms with E-state index in [0.29, 0.717) is 0 Å². The van der Waals surface area contributed by atoms with Gasteiger partial charge in [0.05, 0.1) is 0 Å². The average Bonchev–Trinajstić information content (AvgIpc) is 3.12. The molecule has 209 valence electrons. The molecule has 0 amide bonds. The molecule has 0 saturated carbocycles. The molecule has 0 heterocycles. The summed E-state index contributed by atoms with van der Waals surface area (Å²) in [4.78, 5) is 0. The third kappa shape index (κ3) is 5.11. The molecule has 0 fully saturated rings. The normalized spacial score (nSPS) is 22.5. The van der Waals surface area contributed by atoms with E-state index in [-0.39, 0.29) is 41.1 Å². The minimum absolute atomic E-state index is 0. The van der Waals surface area contributed by atoms with Crippen molar-refractivity contribution in [3.05, 3.63) is 60.0 Å². The first-order chi connectivity index (χ1) is 16.0. The fraction of sp³-hybridized carbons (Fsp3) is 0.647. The topological polar surface area (TPSA) is 0 Å². The molecule has 3 heteroatoms. The van der Waals surface area contributed by atoms with Crippen LogP contribution >= 0.6 is 24.8 Å². The molecule has 3 rings (SSSR count). The van der Waals surface area contributed by atoms with Crippen molar-refractivity contribution in [1.82, 2.24) is 0 Å². The molecule has 0 aliphatic heterocycles. The molecule has 0 spiro atoms. The molecule has 0 radical (unpaired) electrons. The van der Waals surface area contributed by atoms with E-state index in [4.69, 9.17) is 0 Å². The van der Waals surface area contributed by atoms with Gasteiger partial charge in [0.2, 0.25) is 0 Å². The molecule has 3 aliphatic carbocycles. The monoisotopic (exact) mass is 623 g/mol. The van der Waals surface area contributed by atoms with Gasteiger partial charge in [0.15, 0.2) is 0 Å².